The predicted octanol–water partition coefficient (Wildman–Crippen LogP) is 2.42. The molecule has 0 spiro atoms. The van der Waals surface area contributed by atoms with E-state index < -0.39 is 17.3 Å². The molecular formula is C35H49N9O7S. The molecule has 3 heterocycles. The number of carboxylic acids is 1. The fourth-order valence-corrected chi connectivity index (χ4v) is 7.78. The number of carbonyl (C=O) groups excluding carboxylic acids is 3. The summed E-state index contributed by atoms with van der Waals surface area (Å²) in [6, 6.07) is 2.80. The minimum absolute atomic E-state index is 0.00778. The van der Waals surface area contributed by atoms with E-state index in [9.17, 15) is 19.2 Å². The zero-order valence-corrected chi connectivity index (χ0v) is 30.7. The number of methoxy groups -OCH3 is 2. The second-order valence-corrected chi connectivity index (χ2v) is 14.6. The summed E-state index contributed by atoms with van der Waals surface area (Å²) < 4.78 is 13.3. The molecule has 2 aromatic heterocycles. The van der Waals surface area contributed by atoms with Crippen LogP contribution in [0.4, 0.5) is 11.8 Å². The SMILES string of the molecule is CCCCNc1nc(N)nc2cn(Cc3c(OC)cc(CCNC(=O)C4CCC(CN5C(=O)CC(SC[C@H](N)C(=O)O)C5=O)CC4)cc3OC)nc12. The van der Waals surface area contributed by atoms with Gasteiger partial charge in [-0.1, -0.05) is 13.3 Å². The summed E-state index contributed by atoms with van der Waals surface area (Å²) in [6.07, 6.45) is 7.28. The van der Waals surface area contributed by atoms with Crippen molar-refractivity contribution < 1.29 is 33.8 Å². The number of hydrogen-bond acceptors (Lipinski definition) is 13. The van der Waals surface area contributed by atoms with E-state index in [0.717, 1.165) is 55.1 Å². The molecule has 3 aromatic rings. The minimum atomic E-state index is -1.14. The molecule has 1 saturated carbocycles. The van der Waals surface area contributed by atoms with E-state index in [1.807, 2.05) is 18.3 Å². The molecule has 0 radical (unpaired) electrons. The summed E-state index contributed by atoms with van der Waals surface area (Å²) >= 11 is 1.12. The number of nitrogen functional groups attached to an aromatic ring is 1. The summed E-state index contributed by atoms with van der Waals surface area (Å²) in [5, 5.41) is 19.5. The molecule has 16 nitrogen and oxygen atoms in total. The number of thioether (sulfide) groups is 1. The van der Waals surface area contributed by atoms with Gasteiger partial charge in [-0.2, -0.15) is 10.1 Å². The average Bonchev–Trinajstić information content (AvgIpc) is 3.66. The van der Waals surface area contributed by atoms with Crippen LogP contribution in [0.2, 0.25) is 0 Å². The second-order valence-electron chi connectivity index (χ2n) is 13.3. The maximum Gasteiger partial charge on any atom is 0.321 e. The van der Waals surface area contributed by atoms with E-state index >= 15 is 0 Å². The van der Waals surface area contributed by atoms with Crippen LogP contribution in [0.5, 0.6) is 11.5 Å². The van der Waals surface area contributed by atoms with Crippen molar-refractivity contribution >= 4 is 58.3 Å². The van der Waals surface area contributed by atoms with Crippen LogP contribution in [0.15, 0.2) is 18.3 Å². The molecule has 52 heavy (non-hydrogen) atoms. The molecule has 2 fully saturated rings. The number of carboxylic acid groups (broad SMARTS) is 1. The number of nitrogens with zero attached hydrogens (tertiary/aromatic N) is 5. The Morgan fingerprint density at radius 2 is 1.81 bits per heavy atom. The number of amides is 3. The zero-order chi connectivity index (χ0) is 37.4. The highest BCUT2D eigenvalue weighted by atomic mass is 32.2. The van der Waals surface area contributed by atoms with Crippen LogP contribution in [0.25, 0.3) is 11.0 Å². The molecule has 282 valence electrons. The highest BCUT2D eigenvalue weighted by molar-refractivity contribution is 8.00. The number of nitrogens with two attached hydrogens (primary N) is 2. The lowest BCUT2D eigenvalue weighted by Crippen LogP contribution is -2.39. The van der Waals surface area contributed by atoms with Crippen LogP contribution in [0.1, 0.15) is 63.0 Å². The standard InChI is InChI=1S/C35H49N9O7S/c1-4-5-11-38-31-30-25(40-35(37)41-31)18-43(42-30)17-23-26(50-2)13-21(14-27(23)51-3)10-12-39-32(46)22-8-6-20(7-9-22)16-44-29(45)15-28(33(44)47)52-19-24(36)34(48)49/h13-14,18,20,22,24,28H,4-12,15-17,19,36H2,1-3H3,(H,39,46)(H,48,49)(H3,37,38,40,41)/t20?,22?,24-,28?/m0/s1. The highest BCUT2D eigenvalue weighted by Crippen LogP contribution is 2.34. The average molecular weight is 740 g/mol. The molecule has 1 unspecified atom stereocenters. The number of unbranched alkanes of at least 4 members (excludes halogenated alkanes) is 1. The van der Waals surface area contributed by atoms with Gasteiger partial charge in [0, 0.05) is 37.7 Å². The Hall–Kier alpha value is -4.64. The molecule has 7 N–H and O–H groups in total. The Labute approximate surface area is 306 Å². The van der Waals surface area contributed by atoms with Gasteiger partial charge >= 0.3 is 5.97 Å². The number of carbonyl (C=O) groups is 4. The number of aliphatic carboxylic acids is 1. The van der Waals surface area contributed by atoms with Crippen LogP contribution in [-0.2, 0) is 32.1 Å². The van der Waals surface area contributed by atoms with Crippen molar-refractivity contribution in [1.82, 2.24) is 30.0 Å². The summed E-state index contributed by atoms with van der Waals surface area (Å²) in [5.74, 6) is 0.411. The van der Waals surface area contributed by atoms with Gasteiger partial charge in [0.15, 0.2) is 11.3 Å². The molecule has 2 atom stereocenters. The van der Waals surface area contributed by atoms with Gasteiger partial charge in [0.25, 0.3) is 0 Å². The molecular weight excluding hydrogens is 691 g/mol. The zero-order valence-electron chi connectivity index (χ0n) is 29.9. The largest absolute Gasteiger partial charge is 0.496 e. The first-order chi connectivity index (χ1) is 25.0. The maximum absolute atomic E-state index is 13.1. The Morgan fingerprint density at radius 3 is 2.46 bits per heavy atom. The number of anilines is 2. The van der Waals surface area contributed by atoms with Crippen molar-refractivity contribution in [3.05, 3.63) is 29.5 Å². The third kappa shape index (κ3) is 9.42. The maximum atomic E-state index is 13.1. The number of likely N-dealkylation sites (tertiary alicyclic amines) is 1. The third-order valence-corrected chi connectivity index (χ3v) is 10.9. The van der Waals surface area contributed by atoms with Gasteiger partial charge < -0.3 is 36.7 Å². The number of rotatable bonds is 18. The third-order valence-electron chi connectivity index (χ3n) is 9.61. The van der Waals surface area contributed by atoms with E-state index in [0.29, 0.717) is 67.2 Å². The fourth-order valence-electron chi connectivity index (χ4n) is 6.67. The first kappa shape index (κ1) is 38.6. The van der Waals surface area contributed by atoms with E-state index in [2.05, 4.69) is 27.5 Å². The Morgan fingerprint density at radius 1 is 1.10 bits per heavy atom. The lowest BCUT2D eigenvalue weighted by molar-refractivity contribution is -0.140. The number of benzene rings is 1. The minimum Gasteiger partial charge on any atom is -0.496 e. The van der Waals surface area contributed by atoms with Crippen molar-refractivity contribution in [2.75, 3.05) is 50.7 Å². The van der Waals surface area contributed by atoms with Crippen molar-refractivity contribution in [2.45, 2.75) is 76.1 Å². The number of hydrogen-bond donors (Lipinski definition) is 5. The van der Waals surface area contributed by atoms with Gasteiger partial charge in [0.2, 0.25) is 23.7 Å². The first-order valence-electron chi connectivity index (χ1n) is 17.7. The molecule has 0 bridgehead atoms. The van der Waals surface area contributed by atoms with E-state index in [-0.39, 0.29) is 47.7 Å². The van der Waals surface area contributed by atoms with Crippen molar-refractivity contribution in [2.24, 2.45) is 17.6 Å². The number of fused-ring (bicyclic) bond motifs is 1. The van der Waals surface area contributed by atoms with Crippen LogP contribution < -0.4 is 31.6 Å². The Bertz CT molecular complexity index is 1740. The lowest BCUT2D eigenvalue weighted by atomic mass is 9.81. The molecule has 1 aromatic carbocycles. The summed E-state index contributed by atoms with van der Waals surface area (Å²) in [7, 11) is 3.21. The molecule has 5 rings (SSSR count). The summed E-state index contributed by atoms with van der Waals surface area (Å²) in [6.45, 7) is 3.99. The van der Waals surface area contributed by atoms with Gasteiger partial charge in [-0.3, -0.25) is 28.8 Å². The van der Waals surface area contributed by atoms with Crippen LogP contribution in [-0.4, -0.2) is 104 Å². The number of imide groups is 1. The second kappa shape index (κ2) is 17.7. The summed E-state index contributed by atoms with van der Waals surface area (Å²) in [5.41, 5.74) is 14.5. The number of aromatic nitrogens is 4. The number of ether oxygens (including phenoxy) is 2. The van der Waals surface area contributed by atoms with E-state index in [4.69, 9.17) is 31.1 Å². The van der Waals surface area contributed by atoms with Gasteiger partial charge in [-0.15, -0.1) is 11.8 Å². The predicted molar refractivity (Wildman–Crippen MR) is 197 cm³/mol. The van der Waals surface area contributed by atoms with Crippen molar-refractivity contribution in [1.29, 1.82) is 0 Å². The lowest BCUT2D eigenvalue weighted by Gasteiger charge is -2.30. The fraction of sp³-hybridized carbons (Fsp3) is 0.571. The van der Waals surface area contributed by atoms with Gasteiger partial charge in [-0.05, 0) is 62.1 Å². The van der Waals surface area contributed by atoms with Crippen LogP contribution in [0.3, 0.4) is 0 Å². The Balaban J connectivity index is 1.12. The summed E-state index contributed by atoms with van der Waals surface area (Å²) in [4.78, 5) is 59.5. The van der Waals surface area contributed by atoms with Gasteiger partial charge in [-0.25, -0.2) is 4.98 Å². The van der Waals surface area contributed by atoms with E-state index in [1.54, 1.807) is 18.9 Å². The quantitative estimate of drug-likeness (QED) is 0.0933. The molecule has 17 heteroatoms. The first-order valence-corrected chi connectivity index (χ1v) is 18.8. The van der Waals surface area contributed by atoms with Crippen molar-refractivity contribution in [3.8, 4) is 11.5 Å². The molecule has 1 saturated heterocycles. The molecule has 3 amide bonds. The monoisotopic (exact) mass is 739 g/mol. The number of nitrogens with one attached hydrogen (secondary N) is 2. The molecule has 1 aliphatic carbocycles. The van der Waals surface area contributed by atoms with E-state index in [1.165, 1.54) is 4.90 Å². The normalized spacial score (nSPS) is 19.5. The van der Waals surface area contributed by atoms with Crippen molar-refractivity contribution in [3.63, 3.8) is 0 Å². The van der Waals surface area contributed by atoms with Crippen LogP contribution >= 0.6 is 11.8 Å². The van der Waals surface area contributed by atoms with Crippen LogP contribution in [0, 0.1) is 11.8 Å². The Kier molecular flexibility index (Phi) is 13.2. The van der Waals surface area contributed by atoms with Gasteiger partial charge in [0.05, 0.1) is 37.8 Å². The smallest absolute Gasteiger partial charge is 0.321 e. The topological polar surface area (TPSA) is 230 Å². The van der Waals surface area contributed by atoms with Gasteiger partial charge in [0.1, 0.15) is 23.1 Å². The highest BCUT2D eigenvalue weighted by Gasteiger charge is 2.41. The molecule has 1 aliphatic heterocycles. The molecule has 2 aliphatic rings.